The molecule has 0 spiro atoms. The van der Waals surface area contributed by atoms with Crippen molar-refractivity contribution < 1.29 is 9.52 Å². The molecule has 1 heterocycles. The predicted octanol–water partition coefficient (Wildman–Crippen LogP) is 3.06. The molecule has 5 heteroatoms. The Morgan fingerprint density at radius 3 is 2.71 bits per heavy atom. The van der Waals surface area contributed by atoms with Gasteiger partial charge in [0.05, 0.1) is 5.25 Å². The number of carbonyl (C=O) groups is 1. The van der Waals surface area contributed by atoms with Gasteiger partial charge in [0.1, 0.15) is 0 Å². The number of benzene rings is 1. The van der Waals surface area contributed by atoms with Gasteiger partial charge in [0.25, 0.3) is 5.03 Å². The molecule has 0 aliphatic carbocycles. The van der Waals surface area contributed by atoms with Crippen LogP contribution in [0.25, 0.3) is 0 Å². The van der Waals surface area contributed by atoms with E-state index in [1.54, 1.807) is 25.1 Å². The number of aryl methyl sites for hydroxylation is 2. The first-order valence-corrected chi connectivity index (χ1v) is 7.58. The van der Waals surface area contributed by atoms with Crippen LogP contribution in [-0.2, 0) is 4.79 Å². The standard InChI is InChI=1S/C16H18N2O2S/c1-11-7-8-14(12(2)10-11)17-16(19)13(3)21-15-6-4-5-9-18(15)20/h4-10,13H,1-3H3,(H,17,19). The van der Waals surface area contributed by atoms with Gasteiger partial charge in [0.2, 0.25) is 5.91 Å². The molecule has 0 fully saturated rings. The Hall–Kier alpha value is -2.01. The van der Waals surface area contributed by atoms with Gasteiger partial charge < -0.3 is 10.5 Å². The van der Waals surface area contributed by atoms with E-state index in [0.717, 1.165) is 21.5 Å². The minimum Gasteiger partial charge on any atom is -0.618 e. The molecule has 1 unspecified atom stereocenters. The number of hydrogen-bond acceptors (Lipinski definition) is 3. The predicted molar refractivity (Wildman–Crippen MR) is 85.3 cm³/mol. The summed E-state index contributed by atoms with van der Waals surface area (Å²) in [5, 5.41) is 14.7. The Morgan fingerprint density at radius 1 is 1.29 bits per heavy atom. The molecule has 1 N–H and O–H groups in total. The Morgan fingerprint density at radius 2 is 2.05 bits per heavy atom. The highest BCUT2D eigenvalue weighted by Crippen LogP contribution is 2.22. The number of nitrogens with one attached hydrogen (secondary N) is 1. The maximum Gasteiger partial charge on any atom is 0.252 e. The van der Waals surface area contributed by atoms with Gasteiger partial charge in [-0.05, 0) is 50.2 Å². The number of anilines is 1. The van der Waals surface area contributed by atoms with Crippen LogP contribution < -0.4 is 10.0 Å². The van der Waals surface area contributed by atoms with Gasteiger partial charge in [-0.25, -0.2) is 0 Å². The molecule has 0 aliphatic rings. The average molecular weight is 302 g/mol. The van der Waals surface area contributed by atoms with Crippen LogP contribution in [0.1, 0.15) is 18.1 Å². The number of nitrogens with zero attached hydrogens (tertiary/aromatic N) is 1. The second kappa shape index (κ2) is 6.63. The van der Waals surface area contributed by atoms with Crippen molar-refractivity contribution in [1.82, 2.24) is 0 Å². The van der Waals surface area contributed by atoms with Gasteiger partial charge in [-0.1, -0.05) is 17.7 Å². The van der Waals surface area contributed by atoms with Crippen molar-refractivity contribution >= 4 is 23.4 Å². The molecular weight excluding hydrogens is 284 g/mol. The largest absolute Gasteiger partial charge is 0.618 e. The molecule has 21 heavy (non-hydrogen) atoms. The van der Waals surface area contributed by atoms with E-state index in [0.29, 0.717) is 5.03 Å². The van der Waals surface area contributed by atoms with Crippen molar-refractivity contribution in [3.05, 3.63) is 58.9 Å². The summed E-state index contributed by atoms with van der Waals surface area (Å²) in [4.78, 5) is 12.2. The van der Waals surface area contributed by atoms with E-state index in [-0.39, 0.29) is 11.2 Å². The van der Waals surface area contributed by atoms with Crippen molar-refractivity contribution in [2.24, 2.45) is 0 Å². The molecule has 0 aliphatic heterocycles. The summed E-state index contributed by atoms with van der Waals surface area (Å²) in [6.45, 7) is 5.76. The number of pyridine rings is 1. The van der Waals surface area contributed by atoms with Gasteiger partial charge >= 0.3 is 0 Å². The second-order valence-electron chi connectivity index (χ2n) is 4.93. The smallest absolute Gasteiger partial charge is 0.252 e. The number of aromatic nitrogens is 1. The molecule has 0 saturated heterocycles. The third-order valence-corrected chi connectivity index (χ3v) is 4.22. The fourth-order valence-corrected chi connectivity index (χ4v) is 2.78. The minimum atomic E-state index is -0.353. The van der Waals surface area contributed by atoms with Crippen molar-refractivity contribution in [3.8, 4) is 0 Å². The van der Waals surface area contributed by atoms with Crippen molar-refractivity contribution in [2.45, 2.75) is 31.0 Å². The van der Waals surface area contributed by atoms with Crippen LogP contribution >= 0.6 is 11.8 Å². The van der Waals surface area contributed by atoms with Crippen LogP contribution in [0, 0.1) is 19.1 Å². The van der Waals surface area contributed by atoms with Gasteiger partial charge in [-0.15, -0.1) is 0 Å². The Kier molecular flexibility index (Phi) is 4.85. The molecule has 4 nitrogen and oxygen atoms in total. The minimum absolute atomic E-state index is 0.115. The molecule has 1 atom stereocenters. The fourth-order valence-electron chi connectivity index (χ4n) is 1.93. The van der Waals surface area contributed by atoms with E-state index in [9.17, 15) is 10.0 Å². The van der Waals surface area contributed by atoms with Crippen LogP contribution in [0.5, 0.6) is 0 Å². The van der Waals surface area contributed by atoms with Crippen LogP contribution in [0.15, 0.2) is 47.6 Å². The van der Waals surface area contributed by atoms with E-state index in [2.05, 4.69) is 5.32 Å². The third-order valence-electron chi connectivity index (χ3n) is 3.10. The van der Waals surface area contributed by atoms with E-state index in [4.69, 9.17) is 0 Å². The molecule has 1 aromatic carbocycles. The number of thioether (sulfide) groups is 1. The summed E-state index contributed by atoms with van der Waals surface area (Å²) in [7, 11) is 0. The van der Waals surface area contributed by atoms with Crippen molar-refractivity contribution in [2.75, 3.05) is 5.32 Å². The molecule has 110 valence electrons. The number of carbonyl (C=O) groups excluding carboxylic acids is 1. The summed E-state index contributed by atoms with van der Waals surface area (Å²) in [5.74, 6) is -0.115. The molecule has 0 bridgehead atoms. The van der Waals surface area contributed by atoms with Gasteiger partial charge in [0, 0.05) is 17.8 Å². The topological polar surface area (TPSA) is 56.0 Å². The highest BCUT2D eigenvalue weighted by atomic mass is 32.2. The summed E-state index contributed by atoms with van der Waals surface area (Å²) in [5.41, 5.74) is 2.99. The summed E-state index contributed by atoms with van der Waals surface area (Å²) in [6.07, 6.45) is 1.43. The Bertz CT molecular complexity index is 658. The molecule has 2 rings (SSSR count). The van der Waals surface area contributed by atoms with Gasteiger partial charge in [-0.2, -0.15) is 4.73 Å². The molecule has 1 amide bonds. The molecule has 0 radical (unpaired) electrons. The maximum atomic E-state index is 12.2. The van der Waals surface area contributed by atoms with Crippen LogP contribution in [-0.4, -0.2) is 11.2 Å². The summed E-state index contributed by atoms with van der Waals surface area (Å²) < 4.78 is 0.769. The van der Waals surface area contributed by atoms with E-state index < -0.39 is 0 Å². The quantitative estimate of drug-likeness (QED) is 0.536. The Labute approximate surface area is 128 Å². The number of rotatable bonds is 4. The lowest BCUT2D eigenvalue weighted by Crippen LogP contribution is -2.30. The van der Waals surface area contributed by atoms with Gasteiger partial charge in [0.15, 0.2) is 6.20 Å². The first kappa shape index (κ1) is 15.4. The van der Waals surface area contributed by atoms with Gasteiger partial charge in [-0.3, -0.25) is 4.79 Å². The zero-order valence-corrected chi connectivity index (χ0v) is 13.1. The first-order valence-electron chi connectivity index (χ1n) is 6.70. The zero-order chi connectivity index (χ0) is 15.4. The summed E-state index contributed by atoms with van der Waals surface area (Å²) in [6, 6.07) is 11.0. The fraction of sp³-hybridized carbons (Fsp3) is 0.250. The van der Waals surface area contributed by atoms with Crippen molar-refractivity contribution in [3.63, 3.8) is 0 Å². The Balaban J connectivity index is 2.04. The SMILES string of the molecule is Cc1ccc(NC(=O)C(C)Sc2cccc[n+]2[O-])c(C)c1. The lowest BCUT2D eigenvalue weighted by molar-refractivity contribution is -0.645. The lowest BCUT2D eigenvalue weighted by Gasteiger charge is -2.13. The zero-order valence-electron chi connectivity index (χ0n) is 12.3. The van der Waals surface area contributed by atoms with E-state index >= 15 is 0 Å². The normalized spacial score (nSPS) is 12.0. The lowest BCUT2D eigenvalue weighted by atomic mass is 10.1. The third kappa shape index (κ3) is 3.98. The van der Waals surface area contributed by atoms with Crippen LogP contribution in [0.4, 0.5) is 5.69 Å². The monoisotopic (exact) mass is 302 g/mol. The maximum absolute atomic E-state index is 12.2. The van der Waals surface area contributed by atoms with E-state index in [1.165, 1.54) is 18.0 Å². The van der Waals surface area contributed by atoms with Crippen LogP contribution in [0.3, 0.4) is 0 Å². The van der Waals surface area contributed by atoms with Crippen LogP contribution in [0.2, 0.25) is 0 Å². The van der Waals surface area contributed by atoms with Crippen molar-refractivity contribution in [1.29, 1.82) is 0 Å². The molecule has 2 aromatic rings. The second-order valence-corrected chi connectivity index (χ2v) is 6.29. The highest BCUT2D eigenvalue weighted by molar-refractivity contribution is 8.00. The average Bonchev–Trinajstić information content (AvgIpc) is 2.44. The van der Waals surface area contributed by atoms with E-state index in [1.807, 2.05) is 32.0 Å². The first-order chi connectivity index (χ1) is 9.97. The summed E-state index contributed by atoms with van der Waals surface area (Å²) >= 11 is 1.24. The molecular formula is C16H18N2O2S. The number of amides is 1. The highest BCUT2D eigenvalue weighted by Gasteiger charge is 2.19. The number of hydrogen-bond donors (Lipinski definition) is 1. The molecule has 1 aromatic heterocycles. The molecule has 0 saturated carbocycles.